The van der Waals surface area contributed by atoms with Crippen molar-refractivity contribution in [1.29, 1.82) is 0 Å². The molecule has 0 unspecified atom stereocenters. The Morgan fingerprint density at radius 2 is 1.95 bits per heavy atom. The van der Waals surface area contributed by atoms with Crippen LogP contribution in [0.25, 0.3) is 0 Å². The third kappa shape index (κ3) is 3.03. The average Bonchev–Trinajstić information content (AvgIpc) is 3.29. The van der Waals surface area contributed by atoms with E-state index in [-0.39, 0.29) is 23.5 Å². The van der Waals surface area contributed by atoms with Crippen LogP contribution in [0.2, 0.25) is 0 Å². The monoisotopic (exact) mass is 303 g/mol. The van der Waals surface area contributed by atoms with Crippen LogP contribution >= 0.6 is 0 Å². The van der Waals surface area contributed by atoms with Crippen molar-refractivity contribution in [2.75, 3.05) is 7.11 Å². The largest absolute Gasteiger partial charge is 0.390 e. The molecular formula is C18H25NO3. The minimum absolute atomic E-state index is 0.0590. The second-order valence-corrected chi connectivity index (χ2v) is 6.79. The summed E-state index contributed by atoms with van der Waals surface area (Å²) in [6.07, 6.45) is 3.31. The fourth-order valence-corrected chi connectivity index (χ4v) is 3.43. The van der Waals surface area contributed by atoms with Crippen LogP contribution in [0.15, 0.2) is 24.3 Å². The van der Waals surface area contributed by atoms with Crippen LogP contribution in [-0.4, -0.2) is 30.3 Å². The van der Waals surface area contributed by atoms with Crippen LogP contribution in [0, 0.1) is 12.8 Å². The fraction of sp³-hybridized carbons (Fsp3) is 0.611. The number of hydrogen-bond acceptors (Lipinski definition) is 3. The molecule has 0 aliphatic heterocycles. The Bertz CT molecular complexity index is 536. The molecular weight excluding hydrogens is 278 g/mol. The molecule has 2 saturated carbocycles. The number of hydrogen-bond donors (Lipinski definition) is 2. The van der Waals surface area contributed by atoms with Crippen molar-refractivity contribution >= 4 is 5.91 Å². The molecule has 120 valence electrons. The molecule has 1 aromatic carbocycles. The molecule has 0 heterocycles. The fourth-order valence-electron chi connectivity index (χ4n) is 3.43. The summed E-state index contributed by atoms with van der Waals surface area (Å²) in [6.45, 7) is 2.07. The lowest BCUT2D eigenvalue weighted by Crippen LogP contribution is -2.44. The van der Waals surface area contributed by atoms with Crippen molar-refractivity contribution < 1.29 is 14.6 Å². The van der Waals surface area contributed by atoms with E-state index < -0.39 is 6.10 Å². The number of carbonyl (C=O) groups is 1. The van der Waals surface area contributed by atoms with Gasteiger partial charge in [0.1, 0.15) is 0 Å². The zero-order valence-corrected chi connectivity index (χ0v) is 13.3. The van der Waals surface area contributed by atoms with E-state index in [9.17, 15) is 9.90 Å². The maximum atomic E-state index is 12.6. The van der Waals surface area contributed by atoms with Gasteiger partial charge in [-0.15, -0.1) is 0 Å². The van der Waals surface area contributed by atoms with Gasteiger partial charge in [-0.05, 0) is 44.6 Å². The first kappa shape index (κ1) is 15.5. The lowest BCUT2D eigenvalue weighted by atomic mass is 9.84. The van der Waals surface area contributed by atoms with Gasteiger partial charge in [0.25, 0.3) is 0 Å². The van der Waals surface area contributed by atoms with E-state index in [1.54, 1.807) is 7.11 Å². The van der Waals surface area contributed by atoms with Gasteiger partial charge in [0.15, 0.2) is 0 Å². The summed E-state index contributed by atoms with van der Waals surface area (Å²) >= 11 is 0. The molecule has 0 saturated heterocycles. The number of ether oxygens (including phenoxy) is 1. The molecule has 0 aromatic heterocycles. The van der Waals surface area contributed by atoms with Crippen molar-refractivity contribution in [3.05, 3.63) is 35.4 Å². The standard InChI is InChI=1S/C18H25NO3/c1-12-3-6-14(7-4-12)18(9-10-18)19-17(21)13-5-8-15(20)16(11-13)22-2/h3-4,6-7,13,15-16,20H,5,8-11H2,1-2H3,(H,19,21)/t13-,15+,16-/m1/s1. The Hall–Kier alpha value is -1.39. The molecule has 4 heteroatoms. The molecule has 2 aliphatic rings. The molecule has 4 nitrogen and oxygen atoms in total. The number of methoxy groups -OCH3 is 1. The summed E-state index contributed by atoms with van der Waals surface area (Å²) < 4.78 is 5.30. The number of nitrogens with one attached hydrogen (secondary N) is 1. The highest BCUT2D eigenvalue weighted by atomic mass is 16.5. The maximum Gasteiger partial charge on any atom is 0.223 e. The van der Waals surface area contributed by atoms with E-state index in [1.165, 1.54) is 11.1 Å². The van der Waals surface area contributed by atoms with Crippen molar-refractivity contribution in [1.82, 2.24) is 5.32 Å². The predicted octanol–water partition coefficient (Wildman–Crippen LogP) is 2.28. The molecule has 3 atom stereocenters. The number of aliphatic hydroxyl groups is 1. The molecule has 0 spiro atoms. The first-order valence-electron chi connectivity index (χ1n) is 8.14. The Kier molecular flexibility index (Phi) is 4.24. The predicted molar refractivity (Wildman–Crippen MR) is 84.4 cm³/mol. The third-order valence-corrected chi connectivity index (χ3v) is 5.15. The van der Waals surface area contributed by atoms with Gasteiger partial charge in [-0.1, -0.05) is 29.8 Å². The Morgan fingerprint density at radius 1 is 1.27 bits per heavy atom. The van der Waals surface area contributed by atoms with Gasteiger partial charge in [0.2, 0.25) is 5.91 Å². The topological polar surface area (TPSA) is 58.6 Å². The van der Waals surface area contributed by atoms with Gasteiger partial charge in [-0.25, -0.2) is 0 Å². The highest BCUT2D eigenvalue weighted by molar-refractivity contribution is 5.80. The minimum atomic E-state index is -0.443. The lowest BCUT2D eigenvalue weighted by molar-refractivity contribution is -0.131. The normalized spacial score (nSPS) is 29.9. The molecule has 0 radical (unpaired) electrons. The van der Waals surface area contributed by atoms with Gasteiger partial charge in [0.05, 0.1) is 17.7 Å². The first-order chi connectivity index (χ1) is 10.5. The first-order valence-corrected chi connectivity index (χ1v) is 8.14. The van der Waals surface area contributed by atoms with Gasteiger partial charge in [0, 0.05) is 13.0 Å². The van der Waals surface area contributed by atoms with Crippen LogP contribution in [0.4, 0.5) is 0 Å². The second-order valence-electron chi connectivity index (χ2n) is 6.79. The van der Waals surface area contributed by atoms with Crippen molar-refractivity contribution in [3.63, 3.8) is 0 Å². The molecule has 1 aromatic rings. The van der Waals surface area contributed by atoms with Gasteiger partial charge in [-0.3, -0.25) is 4.79 Å². The summed E-state index contributed by atoms with van der Waals surface area (Å²) in [4.78, 5) is 12.6. The third-order valence-electron chi connectivity index (χ3n) is 5.15. The second kappa shape index (κ2) is 6.01. The highest BCUT2D eigenvalue weighted by Crippen LogP contribution is 2.46. The number of aliphatic hydroxyl groups excluding tert-OH is 1. The number of rotatable bonds is 4. The van der Waals surface area contributed by atoms with Crippen molar-refractivity contribution in [2.45, 2.75) is 56.8 Å². The van der Waals surface area contributed by atoms with E-state index in [0.29, 0.717) is 12.8 Å². The summed E-state index contributed by atoms with van der Waals surface area (Å²) in [7, 11) is 1.60. The van der Waals surface area contributed by atoms with Crippen LogP contribution in [0.1, 0.15) is 43.2 Å². The zero-order valence-electron chi connectivity index (χ0n) is 13.3. The van der Waals surface area contributed by atoms with Crippen LogP contribution < -0.4 is 5.32 Å². The summed E-state index contributed by atoms with van der Waals surface area (Å²) in [5.74, 6) is 0.0447. The smallest absolute Gasteiger partial charge is 0.223 e. The summed E-state index contributed by atoms with van der Waals surface area (Å²) in [6, 6.07) is 8.43. The molecule has 0 bridgehead atoms. The summed E-state index contributed by atoms with van der Waals surface area (Å²) in [5.41, 5.74) is 2.27. The van der Waals surface area contributed by atoms with E-state index in [4.69, 9.17) is 4.74 Å². The Labute approximate surface area is 131 Å². The number of benzene rings is 1. The lowest BCUT2D eigenvalue weighted by Gasteiger charge is -2.32. The Morgan fingerprint density at radius 3 is 2.55 bits per heavy atom. The number of amides is 1. The minimum Gasteiger partial charge on any atom is -0.390 e. The highest BCUT2D eigenvalue weighted by Gasteiger charge is 2.47. The zero-order chi connectivity index (χ0) is 15.7. The summed E-state index contributed by atoms with van der Waals surface area (Å²) in [5, 5.41) is 13.1. The molecule has 22 heavy (non-hydrogen) atoms. The van der Waals surface area contributed by atoms with E-state index >= 15 is 0 Å². The molecule has 2 N–H and O–H groups in total. The average molecular weight is 303 g/mol. The SMILES string of the molecule is CO[C@@H]1C[C@H](C(=O)NC2(c3ccc(C)cc3)CC2)CC[C@@H]1O. The molecule has 3 rings (SSSR count). The van der Waals surface area contributed by atoms with Crippen LogP contribution in [0.5, 0.6) is 0 Å². The van der Waals surface area contributed by atoms with Crippen molar-refractivity contribution in [2.24, 2.45) is 5.92 Å². The van der Waals surface area contributed by atoms with Crippen LogP contribution in [-0.2, 0) is 15.1 Å². The molecule has 1 amide bonds. The van der Waals surface area contributed by atoms with Gasteiger partial charge < -0.3 is 15.2 Å². The maximum absolute atomic E-state index is 12.6. The quantitative estimate of drug-likeness (QED) is 0.897. The molecule has 2 aliphatic carbocycles. The Balaban J connectivity index is 1.65. The molecule has 2 fully saturated rings. The van der Waals surface area contributed by atoms with E-state index in [0.717, 1.165) is 19.3 Å². The van der Waals surface area contributed by atoms with Gasteiger partial charge in [-0.2, -0.15) is 0 Å². The van der Waals surface area contributed by atoms with Crippen LogP contribution in [0.3, 0.4) is 0 Å². The van der Waals surface area contributed by atoms with E-state index in [2.05, 4.69) is 36.5 Å². The van der Waals surface area contributed by atoms with Crippen molar-refractivity contribution in [3.8, 4) is 0 Å². The number of carbonyl (C=O) groups excluding carboxylic acids is 1. The number of aryl methyl sites for hydroxylation is 1. The van der Waals surface area contributed by atoms with E-state index in [1.807, 2.05) is 0 Å². The van der Waals surface area contributed by atoms with Gasteiger partial charge >= 0.3 is 0 Å².